The molecule has 1 fully saturated rings. The summed E-state index contributed by atoms with van der Waals surface area (Å²) in [6.07, 6.45) is 2.34. The second kappa shape index (κ2) is 6.16. The predicted molar refractivity (Wildman–Crippen MR) is 53.9 cm³/mol. The minimum atomic E-state index is 0.688. The number of nitrogens with one attached hydrogen (secondary N) is 2. The monoisotopic (exact) mass is 270 g/mol. The van der Waals surface area contributed by atoms with Crippen LogP contribution < -0.4 is 8.85 Å². The van der Waals surface area contributed by atoms with Crippen molar-refractivity contribution in [2.24, 2.45) is 0 Å². The molecule has 1 saturated heterocycles. The van der Waals surface area contributed by atoms with Crippen molar-refractivity contribution in [3.63, 3.8) is 0 Å². The average Bonchev–Trinajstić information content (AvgIpc) is 2.07. The van der Waals surface area contributed by atoms with E-state index in [0.717, 1.165) is 26.3 Å². The Bertz CT molecular complexity index is 96.4. The van der Waals surface area contributed by atoms with E-state index in [4.69, 9.17) is 4.74 Å². The Labute approximate surface area is 81.8 Å². The van der Waals surface area contributed by atoms with Crippen molar-refractivity contribution in [2.45, 2.75) is 18.9 Å². The van der Waals surface area contributed by atoms with Gasteiger partial charge in [-0.15, -0.1) is 0 Å². The summed E-state index contributed by atoms with van der Waals surface area (Å²) in [7, 11) is 0. The Morgan fingerprint density at radius 1 is 1.27 bits per heavy atom. The van der Waals surface area contributed by atoms with Gasteiger partial charge < -0.3 is 10.1 Å². The molecule has 1 rings (SSSR count). The maximum atomic E-state index is 5.25. The van der Waals surface area contributed by atoms with E-state index in [-0.39, 0.29) is 0 Å². The van der Waals surface area contributed by atoms with Crippen molar-refractivity contribution in [1.82, 2.24) is 8.85 Å². The molecule has 2 N–H and O–H groups in total. The molecule has 0 unspecified atom stereocenters. The van der Waals surface area contributed by atoms with E-state index < -0.39 is 0 Å². The molecule has 11 heavy (non-hydrogen) atoms. The third-order valence-corrected chi connectivity index (χ3v) is 2.41. The maximum absolute atomic E-state index is 5.25. The van der Waals surface area contributed by atoms with Crippen molar-refractivity contribution >= 4 is 22.9 Å². The van der Waals surface area contributed by atoms with Crippen molar-refractivity contribution in [3.8, 4) is 0 Å². The second-order valence-electron chi connectivity index (χ2n) is 2.72. The molecule has 0 saturated carbocycles. The van der Waals surface area contributed by atoms with Gasteiger partial charge in [0, 0.05) is 55.2 Å². The van der Waals surface area contributed by atoms with Crippen LogP contribution in [0.5, 0.6) is 0 Å². The molecule has 1 heterocycles. The van der Waals surface area contributed by atoms with E-state index in [1.807, 2.05) is 0 Å². The highest BCUT2D eigenvalue weighted by molar-refractivity contribution is 14.1. The first-order chi connectivity index (χ1) is 5.43. The number of halogens is 1. The standard InChI is InChI=1S/C7H15IN2O/c8-10-4-3-9-7-1-5-11-6-2-7/h7,9-10H,1-6H2. The number of hydrogen-bond acceptors (Lipinski definition) is 3. The van der Waals surface area contributed by atoms with E-state index in [1.165, 1.54) is 12.8 Å². The molecule has 0 atom stereocenters. The summed E-state index contributed by atoms with van der Waals surface area (Å²) in [5, 5.41) is 3.48. The fraction of sp³-hybridized carbons (Fsp3) is 1.00. The van der Waals surface area contributed by atoms with Crippen LogP contribution in [0.15, 0.2) is 0 Å². The molecular weight excluding hydrogens is 255 g/mol. The van der Waals surface area contributed by atoms with Crippen LogP contribution in [0.4, 0.5) is 0 Å². The highest BCUT2D eigenvalue weighted by Crippen LogP contribution is 2.05. The molecule has 3 nitrogen and oxygen atoms in total. The summed E-state index contributed by atoms with van der Waals surface area (Å²) in [6, 6.07) is 0.688. The van der Waals surface area contributed by atoms with Crippen LogP contribution >= 0.6 is 22.9 Å². The van der Waals surface area contributed by atoms with E-state index in [9.17, 15) is 0 Å². The lowest BCUT2D eigenvalue weighted by atomic mass is 10.1. The fourth-order valence-corrected chi connectivity index (χ4v) is 1.49. The van der Waals surface area contributed by atoms with E-state index in [1.54, 1.807) is 0 Å². The van der Waals surface area contributed by atoms with Crippen molar-refractivity contribution in [1.29, 1.82) is 0 Å². The van der Waals surface area contributed by atoms with Gasteiger partial charge in [0.2, 0.25) is 0 Å². The Morgan fingerprint density at radius 3 is 2.64 bits per heavy atom. The SMILES string of the molecule is INCCNC1CCOCC1. The third-order valence-electron chi connectivity index (χ3n) is 1.87. The number of rotatable bonds is 4. The van der Waals surface area contributed by atoms with Crippen LogP contribution in [0, 0.1) is 0 Å². The quantitative estimate of drug-likeness (QED) is 0.448. The summed E-state index contributed by atoms with van der Waals surface area (Å²) in [5.74, 6) is 0. The van der Waals surface area contributed by atoms with Gasteiger partial charge in [-0.25, -0.2) is 0 Å². The summed E-state index contributed by atoms with van der Waals surface area (Å²) >= 11 is 2.17. The molecule has 0 aromatic rings. The number of hydrogen-bond donors (Lipinski definition) is 2. The van der Waals surface area contributed by atoms with E-state index in [0.29, 0.717) is 6.04 Å². The van der Waals surface area contributed by atoms with E-state index >= 15 is 0 Å². The third kappa shape index (κ3) is 4.25. The van der Waals surface area contributed by atoms with Crippen molar-refractivity contribution in [2.75, 3.05) is 26.3 Å². The van der Waals surface area contributed by atoms with Gasteiger partial charge in [-0.3, -0.25) is 3.53 Å². The van der Waals surface area contributed by atoms with Gasteiger partial charge in [0.05, 0.1) is 0 Å². The van der Waals surface area contributed by atoms with Crippen LogP contribution in [0.25, 0.3) is 0 Å². The van der Waals surface area contributed by atoms with Crippen LogP contribution in [0.1, 0.15) is 12.8 Å². The highest BCUT2D eigenvalue weighted by atomic mass is 127. The maximum Gasteiger partial charge on any atom is 0.0480 e. The first kappa shape index (κ1) is 9.70. The Kier molecular flexibility index (Phi) is 5.43. The molecule has 1 aliphatic heterocycles. The average molecular weight is 270 g/mol. The van der Waals surface area contributed by atoms with Gasteiger partial charge in [-0.05, 0) is 12.8 Å². The Balaban J connectivity index is 1.96. The zero-order valence-electron chi connectivity index (χ0n) is 6.61. The Morgan fingerprint density at radius 2 is 2.00 bits per heavy atom. The summed E-state index contributed by atoms with van der Waals surface area (Å²) < 4.78 is 8.33. The molecule has 0 amide bonds. The lowest BCUT2D eigenvalue weighted by Crippen LogP contribution is -2.37. The van der Waals surface area contributed by atoms with Crippen molar-refractivity contribution in [3.05, 3.63) is 0 Å². The zero-order chi connectivity index (χ0) is 7.94. The molecular formula is C7H15IN2O. The summed E-state index contributed by atoms with van der Waals surface area (Å²) in [6.45, 7) is 3.95. The molecule has 1 aliphatic rings. The molecule has 0 aliphatic carbocycles. The topological polar surface area (TPSA) is 33.3 Å². The molecule has 0 aromatic heterocycles. The molecule has 66 valence electrons. The second-order valence-corrected chi connectivity index (χ2v) is 3.49. The molecule has 0 bridgehead atoms. The van der Waals surface area contributed by atoms with Gasteiger partial charge in [0.15, 0.2) is 0 Å². The summed E-state index contributed by atoms with van der Waals surface area (Å²) in [4.78, 5) is 0. The molecule has 0 spiro atoms. The van der Waals surface area contributed by atoms with Crippen LogP contribution in [0.2, 0.25) is 0 Å². The molecule has 0 aromatic carbocycles. The van der Waals surface area contributed by atoms with Gasteiger partial charge in [-0.2, -0.15) is 0 Å². The highest BCUT2D eigenvalue weighted by Gasteiger charge is 2.11. The zero-order valence-corrected chi connectivity index (χ0v) is 8.76. The minimum absolute atomic E-state index is 0.688. The van der Waals surface area contributed by atoms with Crippen molar-refractivity contribution < 1.29 is 4.74 Å². The predicted octanol–water partition coefficient (Wildman–Crippen LogP) is 0.695. The van der Waals surface area contributed by atoms with Gasteiger partial charge >= 0.3 is 0 Å². The van der Waals surface area contributed by atoms with Gasteiger partial charge in [0.1, 0.15) is 0 Å². The van der Waals surface area contributed by atoms with Gasteiger partial charge in [-0.1, -0.05) is 0 Å². The van der Waals surface area contributed by atoms with E-state index in [2.05, 4.69) is 31.7 Å². The molecule has 0 radical (unpaired) electrons. The first-order valence-corrected chi connectivity index (χ1v) is 5.16. The smallest absolute Gasteiger partial charge is 0.0480 e. The van der Waals surface area contributed by atoms with Crippen LogP contribution in [-0.2, 0) is 4.74 Å². The largest absolute Gasteiger partial charge is 0.381 e. The Hall–Kier alpha value is 0.610. The number of ether oxygens (including phenoxy) is 1. The van der Waals surface area contributed by atoms with Gasteiger partial charge in [0.25, 0.3) is 0 Å². The lowest BCUT2D eigenvalue weighted by molar-refractivity contribution is 0.0783. The normalized spacial score (nSPS) is 20.5. The summed E-state index contributed by atoms with van der Waals surface area (Å²) in [5.41, 5.74) is 0. The minimum Gasteiger partial charge on any atom is -0.381 e. The van der Waals surface area contributed by atoms with Crippen LogP contribution in [0.3, 0.4) is 0 Å². The molecule has 4 heteroatoms. The fourth-order valence-electron chi connectivity index (χ4n) is 1.23. The lowest BCUT2D eigenvalue weighted by Gasteiger charge is -2.22. The first-order valence-electron chi connectivity index (χ1n) is 4.08. The van der Waals surface area contributed by atoms with Crippen LogP contribution in [-0.4, -0.2) is 32.3 Å².